The van der Waals surface area contributed by atoms with Crippen molar-refractivity contribution in [1.82, 2.24) is 14.5 Å². The van der Waals surface area contributed by atoms with E-state index in [0.717, 1.165) is 16.9 Å². The molecule has 0 unspecified atom stereocenters. The van der Waals surface area contributed by atoms with Crippen LogP contribution in [0.2, 0.25) is 0 Å². The summed E-state index contributed by atoms with van der Waals surface area (Å²) in [5.74, 6) is 1.01. The fraction of sp³-hybridized carbons (Fsp3) is 0.364. The Morgan fingerprint density at radius 1 is 1.53 bits per heavy atom. The van der Waals surface area contributed by atoms with Gasteiger partial charge in [-0.2, -0.15) is 0 Å². The van der Waals surface area contributed by atoms with Gasteiger partial charge in [-0.15, -0.1) is 0 Å². The van der Waals surface area contributed by atoms with Gasteiger partial charge in [0, 0.05) is 33.3 Å². The molecular formula is C11H16N6. The number of aryl methyl sites for hydroxylation is 1. The normalized spacial score (nSPS) is 10.7. The zero-order chi connectivity index (χ0) is 12.4. The summed E-state index contributed by atoms with van der Waals surface area (Å²) in [5, 5.41) is 7.23. The van der Waals surface area contributed by atoms with Gasteiger partial charge in [0.05, 0.1) is 17.7 Å². The Kier molecular flexibility index (Phi) is 2.95. The quantitative estimate of drug-likeness (QED) is 0.601. The summed E-state index contributed by atoms with van der Waals surface area (Å²) in [6.07, 6.45) is 4.07. The molecule has 0 amide bonds. The highest BCUT2D eigenvalue weighted by Crippen LogP contribution is 2.21. The number of anilines is 1. The molecule has 0 spiro atoms. The van der Waals surface area contributed by atoms with E-state index in [4.69, 9.17) is 11.1 Å². The van der Waals surface area contributed by atoms with Crippen molar-refractivity contribution in [1.29, 1.82) is 5.41 Å². The van der Waals surface area contributed by atoms with E-state index in [9.17, 15) is 0 Å². The summed E-state index contributed by atoms with van der Waals surface area (Å²) in [6, 6.07) is 1.94. The van der Waals surface area contributed by atoms with E-state index >= 15 is 0 Å². The molecule has 3 N–H and O–H groups in total. The third kappa shape index (κ3) is 2.20. The van der Waals surface area contributed by atoms with Crippen LogP contribution in [0, 0.1) is 5.41 Å². The van der Waals surface area contributed by atoms with Crippen molar-refractivity contribution in [3.05, 3.63) is 18.6 Å². The maximum Gasteiger partial charge on any atom is 0.156 e. The van der Waals surface area contributed by atoms with Crippen LogP contribution in [0.15, 0.2) is 18.6 Å². The first-order valence-electron chi connectivity index (χ1n) is 5.39. The molecule has 0 saturated carbocycles. The predicted molar refractivity (Wildman–Crippen MR) is 68.3 cm³/mol. The fourth-order valence-electron chi connectivity index (χ4n) is 1.72. The van der Waals surface area contributed by atoms with E-state index in [1.165, 1.54) is 0 Å². The lowest BCUT2D eigenvalue weighted by molar-refractivity contribution is 0.894. The molecule has 90 valence electrons. The molecular weight excluding hydrogens is 216 g/mol. The predicted octanol–water partition coefficient (Wildman–Crippen LogP) is 0.731. The zero-order valence-corrected chi connectivity index (χ0v) is 10.0. The number of rotatable bonds is 4. The highest BCUT2D eigenvalue weighted by molar-refractivity contribution is 5.86. The Morgan fingerprint density at radius 2 is 2.29 bits per heavy atom. The molecule has 0 bridgehead atoms. The molecule has 6 heteroatoms. The number of hydrogen-bond acceptors (Lipinski definition) is 4. The maximum absolute atomic E-state index is 7.23. The number of fused-ring (bicyclic) bond motifs is 1. The molecule has 0 aliphatic heterocycles. The third-order valence-corrected chi connectivity index (χ3v) is 2.70. The van der Waals surface area contributed by atoms with Crippen LogP contribution < -0.4 is 10.6 Å². The summed E-state index contributed by atoms with van der Waals surface area (Å²) in [7, 11) is 3.88. The summed E-state index contributed by atoms with van der Waals surface area (Å²) in [5.41, 5.74) is 7.27. The number of nitrogens with one attached hydrogen (secondary N) is 1. The van der Waals surface area contributed by atoms with Crippen LogP contribution in [-0.2, 0) is 7.05 Å². The van der Waals surface area contributed by atoms with Crippen molar-refractivity contribution in [2.45, 2.75) is 6.42 Å². The van der Waals surface area contributed by atoms with Gasteiger partial charge in [-0.1, -0.05) is 0 Å². The Hall–Kier alpha value is -2.11. The Morgan fingerprint density at radius 3 is 3.00 bits per heavy atom. The number of nitrogens with two attached hydrogens (primary N) is 1. The van der Waals surface area contributed by atoms with Gasteiger partial charge < -0.3 is 15.2 Å². The number of pyridine rings is 1. The fourth-order valence-corrected chi connectivity index (χ4v) is 1.72. The summed E-state index contributed by atoms with van der Waals surface area (Å²) >= 11 is 0. The summed E-state index contributed by atoms with van der Waals surface area (Å²) in [6.45, 7) is 0.665. The minimum Gasteiger partial charge on any atom is -0.388 e. The van der Waals surface area contributed by atoms with Crippen molar-refractivity contribution >= 4 is 22.7 Å². The van der Waals surface area contributed by atoms with Gasteiger partial charge in [0.2, 0.25) is 0 Å². The molecule has 2 rings (SSSR count). The second-order valence-electron chi connectivity index (χ2n) is 4.05. The lowest BCUT2D eigenvalue weighted by Crippen LogP contribution is -2.24. The van der Waals surface area contributed by atoms with Crippen LogP contribution >= 0.6 is 0 Å². The molecule has 0 saturated heterocycles. The standard InChI is InChI=1S/C11H16N6/c1-16(6-4-9(12)13)11-10-8(3-5-14-11)17(2)7-15-10/h3,5,7H,4,6H2,1-2H3,(H3,12,13). The van der Waals surface area contributed by atoms with E-state index in [1.54, 1.807) is 12.5 Å². The molecule has 0 aliphatic carbocycles. The molecule has 0 aromatic carbocycles. The van der Waals surface area contributed by atoms with Gasteiger partial charge >= 0.3 is 0 Å². The molecule has 0 aliphatic rings. The van der Waals surface area contributed by atoms with Crippen molar-refractivity contribution in [3.63, 3.8) is 0 Å². The Bertz CT molecular complexity index is 544. The molecule has 0 radical (unpaired) electrons. The van der Waals surface area contributed by atoms with Gasteiger partial charge in [-0.25, -0.2) is 9.97 Å². The number of aromatic nitrogens is 3. The Labute approximate surface area is 99.6 Å². The lowest BCUT2D eigenvalue weighted by Gasteiger charge is -2.17. The topological polar surface area (TPSA) is 83.8 Å². The SMILES string of the molecule is CN(CCC(=N)N)c1nccc2c1ncn2C. The number of nitrogens with zero attached hydrogens (tertiary/aromatic N) is 4. The number of imidazole rings is 1. The molecule has 2 aromatic rings. The summed E-state index contributed by atoms with van der Waals surface area (Å²) < 4.78 is 1.96. The van der Waals surface area contributed by atoms with Crippen LogP contribution in [0.25, 0.3) is 11.0 Å². The van der Waals surface area contributed by atoms with E-state index < -0.39 is 0 Å². The van der Waals surface area contributed by atoms with Crippen LogP contribution in [-0.4, -0.2) is 34.0 Å². The van der Waals surface area contributed by atoms with Crippen LogP contribution in [0.3, 0.4) is 0 Å². The van der Waals surface area contributed by atoms with Gasteiger partial charge in [0.1, 0.15) is 5.52 Å². The van der Waals surface area contributed by atoms with Crippen LogP contribution in [0.4, 0.5) is 5.82 Å². The Balaban J connectivity index is 2.31. The first-order chi connectivity index (χ1) is 8.09. The van der Waals surface area contributed by atoms with Gasteiger partial charge in [0.15, 0.2) is 5.82 Å². The highest BCUT2D eigenvalue weighted by Gasteiger charge is 2.10. The van der Waals surface area contributed by atoms with Crippen molar-refractivity contribution < 1.29 is 0 Å². The molecule has 0 fully saturated rings. The minimum absolute atomic E-state index is 0.185. The van der Waals surface area contributed by atoms with Crippen LogP contribution in [0.5, 0.6) is 0 Å². The van der Waals surface area contributed by atoms with Gasteiger partial charge in [0.25, 0.3) is 0 Å². The summed E-state index contributed by atoms with van der Waals surface area (Å²) in [4.78, 5) is 10.6. The van der Waals surface area contributed by atoms with E-state index in [0.29, 0.717) is 13.0 Å². The second kappa shape index (κ2) is 4.40. The highest BCUT2D eigenvalue weighted by atomic mass is 15.2. The average molecular weight is 232 g/mol. The smallest absolute Gasteiger partial charge is 0.156 e. The molecule has 2 heterocycles. The zero-order valence-electron chi connectivity index (χ0n) is 10.0. The lowest BCUT2D eigenvalue weighted by atomic mass is 10.3. The van der Waals surface area contributed by atoms with E-state index in [1.807, 2.05) is 29.6 Å². The van der Waals surface area contributed by atoms with Gasteiger partial charge in [-0.05, 0) is 6.07 Å². The molecule has 17 heavy (non-hydrogen) atoms. The van der Waals surface area contributed by atoms with Gasteiger partial charge in [-0.3, -0.25) is 5.41 Å². The minimum atomic E-state index is 0.185. The second-order valence-corrected chi connectivity index (χ2v) is 4.05. The average Bonchev–Trinajstić information content (AvgIpc) is 2.68. The number of amidine groups is 1. The molecule has 2 aromatic heterocycles. The third-order valence-electron chi connectivity index (χ3n) is 2.70. The van der Waals surface area contributed by atoms with Crippen LogP contribution in [0.1, 0.15) is 6.42 Å². The first kappa shape index (κ1) is 11.4. The first-order valence-corrected chi connectivity index (χ1v) is 5.39. The van der Waals surface area contributed by atoms with Crippen molar-refractivity contribution in [2.24, 2.45) is 12.8 Å². The van der Waals surface area contributed by atoms with E-state index in [2.05, 4.69) is 9.97 Å². The number of hydrogen-bond donors (Lipinski definition) is 2. The van der Waals surface area contributed by atoms with E-state index in [-0.39, 0.29) is 5.84 Å². The molecule has 6 nitrogen and oxygen atoms in total. The molecule has 0 atom stereocenters. The van der Waals surface area contributed by atoms with Crippen molar-refractivity contribution in [3.8, 4) is 0 Å². The largest absolute Gasteiger partial charge is 0.388 e. The van der Waals surface area contributed by atoms with Crippen molar-refractivity contribution in [2.75, 3.05) is 18.5 Å². The monoisotopic (exact) mass is 232 g/mol. The maximum atomic E-state index is 7.23.